The van der Waals surface area contributed by atoms with Crippen molar-refractivity contribution < 1.29 is 31.4 Å². The molecule has 0 aromatic heterocycles. The highest BCUT2D eigenvalue weighted by atomic mass is 19.4. The van der Waals surface area contributed by atoms with Crippen LogP contribution in [0.4, 0.5) is 32.0 Å². The number of nitrogens with two attached hydrogens (primary N) is 1. The van der Waals surface area contributed by atoms with Crippen LogP contribution >= 0.6 is 0 Å². The number of alkyl halides is 6. The average Bonchev–Trinajstić information content (AvgIpc) is 2.13. The van der Waals surface area contributed by atoms with Crippen LogP contribution in [0.5, 0.6) is 5.75 Å². The maximum absolute atomic E-state index is 13.1. The molecule has 1 aromatic carbocycles. The molecule has 1 unspecified atom stereocenters. The molecule has 1 rings (SSSR count). The summed E-state index contributed by atoms with van der Waals surface area (Å²) in [5, 5.41) is 8.94. The van der Waals surface area contributed by atoms with E-state index in [4.69, 9.17) is 10.8 Å². The zero-order chi connectivity index (χ0) is 13.4. The van der Waals surface area contributed by atoms with Gasteiger partial charge in [0.05, 0.1) is 0 Å². The number of nitrogen functional groups attached to an aromatic ring is 1. The van der Waals surface area contributed by atoms with Crippen molar-refractivity contribution in [2.75, 3.05) is 5.73 Å². The third-order valence-corrected chi connectivity index (χ3v) is 1.95. The summed E-state index contributed by atoms with van der Waals surface area (Å²) in [6, 6.07) is 1.95. The van der Waals surface area contributed by atoms with Crippen LogP contribution in [0.2, 0.25) is 0 Å². The summed E-state index contributed by atoms with van der Waals surface area (Å²) >= 11 is 0. The molecule has 96 valence electrons. The third kappa shape index (κ3) is 2.56. The highest BCUT2D eigenvalue weighted by Gasteiger charge is 2.63. The van der Waals surface area contributed by atoms with Crippen molar-refractivity contribution in [3.05, 3.63) is 23.8 Å². The number of anilines is 1. The van der Waals surface area contributed by atoms with Gasteiger partial charge in [0.25, 0.3) is 0 Å². The fourth-order valence-corrected chi connectivity index (χ4v) is 1.16. The van der Waals surface area contributed by atoms with Gasteiger partial charge in [-0.2, -0.15) is 22.0 Å². The van der Waals surface area contributed by atoms with Crippen molar-refractivity contribution in [2.45, 2.75) is 18.3 Å². The van der Waals surface area contributed by atoms with Crippen LogP contribution in [0.1, 0.15) is 11.7 Å². The quantitative estimate of drug-likeness (QED) is 0.633. The van der Waals surface area contributed by atoms with E-state index in [1.165, 1.54) is 0 Å². The Labute approximate surface area is 91.7 Å². The number of aromatic hydroxyl groups is 1. The minimum atomic E-state index is -6.02. The van der Waals surface area contributed by atoms with Crippen LogP contribution in [-0.2, 0) is 0 Å². The van der Waals surface area contributed by atoms with Crippen molar-refractivity contribution >= 4 is 5.69 Å². The van der Waals surface area contributed by atoms with Crippen molar-refractivity contribution in [3.63, 3.8) is 0 Å². The molecule has 0 aliphatic heterocycles. The molecule has 0 fully saturated rings. The SMILES string of the molecule is Nc1cc(O)cc(C(F)C(F)(F)C(F)(F)F)c1. The normalized spacial score (nSPS) is 14.7. The number of phenolic OH excluding ortho intramolecular Hbond substituents is 1. The first-order chi connectivity index (χ1) is 7.55. The van der Waals surface area contributed by atoms with Crippen LogP contribution in [-0.4, -0.2) is 17.2 Å². The van der Waals surface area contributed by atoms with E-state index in [-0.39, 0.29) is 5.69 Å². The van der Waals surface area contributed by atoms with Gasteiger partial charge in [0.2, 0.25) is 0 Å². The predicted molar refractivity (Wildman–Crippen MR) is 47.4 cm³/mol. The van der Waals surface area contributed by atoms with Crippen molar-refractivity contribution in [3.8, 4) is 5.75 Å². The van der Waals surface area contributed by atoms with Gasteiger partial charge >= 0.3 is 12.1 Å². The zero-order valence-corrected chi connectivity index (χ0v) is 8.10. The first kappa shape index (κ1) is 13.5. The Balaban J connectivity index is 3.16. The Morgan fingerprint density at radius 2 is 1.59 bits per heavy atom. The molecule has 2 nitrogen and oxygen atoms in total. The molecule has 0 aliphatic carbocycles. The van der Waals surface area contributed by atoms with Gasteiger partial charge in [0.15, 0.2) is 6.17 Å². The van der Waals surface area contributed by atoms with Crippen LogP contribution < -0.4 is 5.73 Å². The number of benzene rings is 1. The molecule has 17 heavy (non-hydrogen) atoms. The number of halogens is 6. The standard InChI is InChI=1S/C9H7F6NO/c10-7(8(11,12)9(13,14)15)4-1-5(16)3-6(17)2-4/h1-3,7,17H,16H2. The molecular weight excluding hydrogens is 252 g/mol. The van der Waals surface area contributed by atoms with E-state index in [9.17, 15) is 26.3 Å². The van der Waals surface area contributed by atoms with Gasteiger partial charge in [-0.25, -0.2) is 4.39 Å². The Morgan fingerprint density at radius 3 is 2.00 bits per heavy atom. The predicted octanol–water partition coefficient (Wildman–Crippen LogP) is 3.18. The van der Waals surface area contributed by atoms with E-state index in [0.29, 0.717) is 12.1 Å². The van der Waals surface area contributed by atoms with E-state index in [2.05, 4.69) is 0 Å². The first-order valence-electron chi connectivity index (χ1n) is 4.23. The molecule has 0 saturated heterocycles. The lowest BCUT2D eigenvalue weighted by atomic mass is 10.0. The Bertz CT molecular complexity index is 396. The largest absolute Gasteiger partial charge is 0.508 e. The van der Waals surface area contributed by atoms with Gasteiger partial charge in [0.1, 0.15) is 5.75 Å². The van der Waals surface area contributed by atoms with E-state index in [1.807, 2.05) is 0 Å². The van der Waals surface area contributed by atoms with Gasteiger partial charge < -0.3 is 10.8 Å². The minimum Gasteiger partial charge on any atom is -0.508 e. The molecule has 0 spiro atoms. The molecule has 0 saturated carbocycles. The number of hydrogen-bond donors (Lipinski definition) is 2. The number of phenols is 1. The smallest absolute Gasteiger partial charge is 0.456 e. The maximum atomic E-state index is 13.1. The summed E-state index contributed by atoms with van der Waals surface area (Å²) in [6.45, 7) is 0. The second kappa shape index (κ2) is 4.01. The molecule has 0 radical (unpaired) electrons. The van der Waals surface area contributed by atoms with Crippen molar-refractivity contribution in [1.82, 2.24) is 0 Å². The van der Waals surface area contributed by atoms with Gasteiger partial charge in [-0.3, -0.25) is 0 Å². The molecule has 0 amide bonds. The third-order valence-electron chi connectivity index (χ3n) is 1.95. The molecule has 0 bridgehead atoms. The highest BCUT2D eigenvalue weighted by Crippen LogP contribution is 2.47. The molecule has 1 atom stereocenters. The second-order valence-corrected chi connectivity index (χ2v) is 3.34. The van der Waals surface area contributed by atoms with Gasteiger partial charge in [-0.1, -0.05) is 0 Å². The Morgan fingerprint density at radius 1 is 1.06 bits per heavy atom. The first-order valence-corrected chi connectivity index (χ1v) is 4.23. The Hall–Kier alpha value is -1.60. The van der Waals surface area contributed by atoms with E-state index < -0.39 is 29.6 Å². The van der Waals surface area contributed by atoms with Gasteiger partial charge in [-0.05, 0) is 17.7 Å². The summed E-state index contributed by atoms with van der Waals surface area (Å²) < 4.78 is 74.1. The summed E-state index contributed by atoms with van der Waals surface area (Å²) in [6.07, 6.45) is -9.65. The van der Waals surface area contributed by atoms with Crippen LogP contribution in [0.3, 0.4) is 0 Å². The van der Waals surface area contributed by atoms with E-state index in [0.717, 1.165) is 6.07 Å². The molecule has 1 aromatic rings. The summed E-state index contributed by atoms with van der Waals surface area (Å²) in [5.74, 6) is -6.24. The van der Waals surface area contributed by atoms with Gasteiger partial charge in [0, 0.05) is 11.8 Å². The van der Waals surface area contributed by atoms with E-state index >= 15 is 0 Å². The lowest BCUT2D eigenvalue weighted by molar-refractivity contribution is -0.305. The number of rotatable bonds is 2. The highest BCUT2D eigenvalue weighted by molar-refractivity contribution is 5.48. The summed E-state index contributed by atoms with van der Waals surface area (Å²) in [4.78, 5) is 0. The van der Waals surface area contributed by atoms with Crippen molar-refractivity contribution in [1.29, 1.82) is 0 Å². The number of hydrogen-bond acceptors (Lipinski definition) is 2. The molecule has 0 heterocycles. The fourth-order valence-electron chi connectivity index (χ4n) is 1.16. The summed E-state index contributed by atoms with van der Waals surface area (Å²) in [5.41, 5.74) is 3.74. The monoisotopic (exact) mass is 259 g/mol. The zero-order valence-electron chi connectivity index (χ0n) is 8.10. The molecule has 3 N–H and O–H groups in total. The molecule has 0 aliphatic rings. The molecule has 8 heteroatoms. The van der Waals surface area contributed by atoms with Crippen molar-refractivity contribution in [2.24, 2.45) is 0 Å². The lowest BCUT2D eigenvalue weighted by Crippen LogP contribution is -2.40. The van der Waals surface area contributed by atoms with Crippen LogP contribution in [0, 0.1) is 0 Å². The maximum Gasteiger partial charge on any atom is 0.456 e. The average molecular weight is 259 g/mol. The fraction of sp³-hybridized carbons (Fsp3) is 0.333. The molecular formula is C9H7F6NO. The second-order valence-electron chi connectivity index (χ2n) is 3.34. The van der Waals surface area contributed by atoms with E-state index in [1.54, 1.807) is 0 Å². The minimum absolute atomic E-state index is 0.319. The van der Waals surface area contributed by atoms with Gasteiger partial charge in [-0.15, -0.1) is 0 Å². The Kier molecular flexibility index (Phi) is 3.17. The topological polar surface area (TPSA) is 46.2 Å². The lowest BCUT2D eigenvalue weighted by Gasteiger charge is -2.23. The summed E-state index contributed by atoms with van der Waals surface area (Å²) in [7, 11) is 0. The van der Waals surface area contributed by atoms with Crippen LogP contribution in [0.25, 0.3) is 0 Å². The van der Waals surface area contributed by atoms with Crippen LogP contribution in [0.15, 0.2) is 18.2 Å².